The Morgan fingerprint density at radius 3 is 2.68 bits per heavy atom. The molecule has 6 heteroatoms. The highest BCUT2D eigenvalue weighted by atomic mass is 16.3. The molecule has 1 amide bonds. The number of hydrogen-bond acceptors (Lipinski definition) is 5. The van der Waals surface area contributed by atoms with E-state index >= 15 is 0 Å². The number of nitrogens with zero attached hydrogens (tertiary/aromatic N) is 3. The van der Waals surface area contributed by atoms with Crippen LogP contribution in [0.25, 0.3) is 0 Å². The van der Waals surface area contributed by atoms with Gasteiger partial charge in [-0.15, -0.1) is 0 Å². The van der Waals surface area contributed by atoms with Gasteiger partial charge in [0.2, 0.25) is 11.9 Å². The highest BCUT2D eigenvalue weighted by Gasteiger charge is 2.20. The van der Waals surface area contributed by atoms with Crippen molar-refractivity contribution in [3.05, 3.63) is 18.5 Å². The summed E-state index contributed by atoms with van der Waals surface area (Å²) in [5, 5.41) is 12.7. The summed E-state index contributed by atoms with van der Waals surface area (Å²) in [6.45, 7) is 4.13. The summed E-state index contributed by atoms with van der Waals surface area (Å²) >= 11 is 0. The van der Waals surface area contributed by atoms with Crippen LogP contribution in [0.4, 0.5) is 5.95 Å². The summed E-state index contributed by atoms with van der Waals surface area (Å²) in [7, 11) is 1.75. The maximum absolute atomic E-state index is 11.8. The molecule has 0 aromatic carbocycles. The third-order valence-electron chi connectivity index (χ3n) is 2.73. The highest BCUT2D eigenvalue weighted by Crippen LogP contribution is 2.09. The van der Waals surface area contributed by atoms with Gasteiger partial charge in [0.25, 0.3) is 0 Å². The van der Waals surface area contributed by atoms with E-state index in [1.807, 2.05) is 6.92 Å². The van der Waals surface area contributed by atoms with Crippen molar-refractivity contribution < 1.29 is 9.90 Å². The van der Waals surface area contributed by atoms with E-state index in [1.54, 1.807) is 37.3 Å². The standard InChI is InChI=1S/C13H22N4O2/c1-4-6-13(2,19)10-16-11(18)9-17(3)12-14-7-5-8-15-12/h5,7-8,19H,4,6,9-10H2,1-3H3,(H,16,18). The Hall–Kier alpha value is -1.69. The second kappa shape index (κ2) is 7.04. The van der Waals surface area contributed by atoms with Gasteiger partial charge in [0.15, 0.2) is 0 Å². The van der Waals surface area contributed by atoms with Crippen molar-refractivity contribution in [2.45, 2.75) is 32.3 Å². The number of aliphatic hydroxyl groups is 1. The molecule has 1 rings (SSSR count). The summed E-state index contributed by atoms with van der Waals surface area (Å²) in [4.78, 5) is 21.5. The van der Waals surface area contributed by atoms with Gasteiger partial charge in [-0.05, 0) is 19.4 Å². The molecule has 0 aliphatic carbocycles. The number of nitrogens with one attached hydrogen (secondary N) is 1. The van der Waals surface area contributed by atoms with E-state index in [0.29, 0.717) is 12.4 Å². The molecule has 19 heavy (non-hydrogen) atoms. The van der Waals surface area contributed by atoms with E-state index in [2.05, 4.69) is 15.3 Å². The Balaban J connectivity index is 2.39. The van der Waals surface area contributed by atoms with Crippen molar-refractivity contribution >= 4 is 11.9 Å². The molecule has 0 aliphatic heterocycles. The fourth-order valence-corrected chi connectivity index (χ4v) is 1.75. The van der Waals surface area contributed by atoms with Crippen LogP contribution < -0.4 is 10.2 Å². The van der Waals surface area contributed by atoms with Gasteiger partial charge >= 0.3 is 0 Å². The molecule has 1 unspecified atom stereocenters. The fraction of sp³-hybridized carbons (Fsp3) is 0.615. The van der Waals surface area contributed by atoms with Gasteiger partial charge < -0.3 is 15.3 Å². The van der Waals surface area contributed by atoms with Crippen LogP contribution in [0, 0.1) is 0 Å². The smallest absolute Gasteiger partial charge is 0.239 e. The van der Waals surface area contributed by atoms with Gasteiger partial charge in [0.05, 0.1) is 12.1 Å². The Labute approximate surface area is 113 Å². The van der Waals surface area contributed by atoms with Crippen molar-refractivity contribution in [3.8, 4) is 0 Å². The number of rotatable bonds is 7. The molecule has 0 bridgehead atoms. The largest absolute Gasteiger partial charge is 0.388 e. The van der Waals surface area contributed by atoms with Crippen LogP contribution >= 0.6 is 0 Å². The molecule has 1 aromatic heterocycles. The number of hydrogen-bond donors (Lipinski definition) is 2. The zero-order valence-electron chi connectivity index (χ0n) is 11.8. The summed E-state index contributed by atoms with van der Waals surface area (Å²) in [5.41, 5.74) is -0.855. The van der Waals surface area contributed by atoms with Crippen molar-refractivity contribution in [2.24, 2.45) is 0 Å². The fourth-order valence-electron chi connectivity index (χ4n) is 1.75. The first-order chi connectivity index (χ1) is 8.94. The molecule has 1 aromatic rings. The zero-order valence-corrected chi connectivity index (χ0v) is 11.8. The molecule has 0 spiro atoms. The maximum atomic E-state index is 11.8. The first-order valence-corrected chi connectivity index (χ1v) is 6.42. The van der Waals surface area contributed by atoms with Crippen molar-refractivity contribution in [1.29, 1.82) is 0 Å². The second-order valence-corrected chi connectivity index (χ2v) is 4.93. The molecule has 2 N–H and O–H groups in total. The molecule has 0 aliphatic rings. The number of anilines is 1. The average Bonchev–Trinajstić information content (AvgIpc) is 2.37. The number of amides is 1. The van der Waals surface area contributed by atoms with Crippen LogP contribution in [0.3, 0.4) is 0 Å². The van der Waals surface area contributed by atoms with Gasteiger partial charge in [-0.3, -0.25) is 4.79 Å². The minimum absolute atomic E-state index is 0.159. The van der Waals surface area contributed by atoms with Crippen LogP contribution in [0.2, 0.25) is 0 Å². The Morgan fingerprint density at radius 2 is 2.11 bits per heavy atom. The number of likely N-dealkylation sites (N-methyl/N-ethyl adjacent to an activating group) is 1. The van der Waals surface area contributed by atoms with Crippen LogP contribution in [0.15, 0.2) is 18.5 Å². The summed E-state index contributed by atoms with van der Waals surface area (Å²) < 4.78 is 0. The minimum atomic E-state index is -0.855. The normalized spacial score (nSPS) is 13.7. The molecular formula is C13H22N4O2. The molecule has 0 saturated heterocycles. The van der Waals surface area contributed by atoms with Gasteiger partial charge in [-0.25, -0.2) is 9.97 Å². The molecule has 1 heterocycles. The molecule has 6 nitrogen and oxygen atoms in total. The van der Waals surface area contributed by atoms with Gasteiger partial charge in [-0.2, -0.15) is 0 Å². The second-order valence-electron chi connectivity index (χ2n) is 4.93. The predicted molar refractivity (Wildman–Crippen MR) is 73.8 cm³/mol. The number of carbonyl (C=O) groups is 1. The molecule has 0 fully saturated rings. The van der Waals surface area contributed by atoms with E-state index < -0.39 is 5.60 Å². The van der Waals surface area contributed by atoms with Crippen LogP contribution in [-0.4, -0.2) is 46.7 Å². The molecule has 0 saturated carbocycles. The summed E-state index contributed by atoms with van der Waals surface area (Å²) in [6.07, 6.45) is 4.79. The van der Waals surface area contributed by atoms with Crippen molar-refractivity contribution in [3.63, 3.8) is 0 Å². The summed E-state index contributed by atoms with van der Waals surface area (Å²) in [5.74, 6) is 0.337. The zero-order chi connectivity index (χ0) is 14.3. The predicted octanol–water partition coefficient (Wildman–Crippen LogP) is 0.580. The first-order valence-electron chi connectivity index (χ1n) is 6.42. The van der Waals surface area contributed by atoms with Gasteiger partial charge in [0.1, 0.15) is 0 Å². The van der Waals surface area contributed by atoms with E-state index in [1.165, 1.54) is 0 Å². The monoisotopic (exact) mass is 266 g/mol. The number of aromatic nitrogens is 2. The maximum Gasteiger partial charge on any atom is 0.239 e. The van der Waals surface area contributed by atoms with Crippen LogP contribution in [0.1, 0.15) is 26.7 Å². The van der Waals surface area contributed by atoms with Crippen molar-refractivity contribution in [2.75, 3.05) is 25.0 Å². The van der Waals surface area contributed by atoms with Gasteiger partial charge in [-0.1, -0.05) is 13.3 Å². The quantitative estimate of drug-likeness (QED) is 0.755. The van der Waals surface area contributed by atoms with E-state index in [-0.39, 0.29) is 19.0 Å². The highest BCUT2D eigenvalue weighted by molar-refractivity contribution is 5.80. The molecule has 0 radical (unpaired) electrons. The van der Waals surface area contributed by atoms with E-state index in [0.717, 1.165) is 6.42 Å². The minimum Gasteiger partial charge on any atom is -0.388 e. The Morgan fingerprint density at radius 1 is 1.47 bits per heavy atom. The lowest BCUT2D eigenvalue weighted by Gasteiger charge is -2.24. The molecular weight excluding hydrogens is 244 g/mol. The first kappa shape index (κ1) is 15.4. The number of carbonyl (C=O) groups excluding carboxylic acids is 1. The Bertz CT molecular complexity index is 395. The topological polar surface area (TPSA) is 78.4 Å². The summed E-state index contributed by atoms with van der Waals surface area (Å²) in [6, 6.07) is 1.72. The third kappa shape index (κ3) is 5.65. The van der Waals surface area contributed by atoms with Crippen molar-refractivity contribution in [1.82, 2.24) is 15.3 Å². The lowest BCUT2D eigenvalue weighted by atomic mass is 10.0. The molecule has 106 valence electrons. The van der Waals surface area contributed by atoms with E-state index in [4.69, 9.17) is 0 Å². The third-order valence-corrected chi connectivity index (χ3v) is 2.73. The van der Waals surface area contributed by atoms with Crippen LogP contribution in [-0.2, 0) is 4.79 Å². The SMILES string of the molecule is CCCC(C)(O)CNC(=O)CN(C)c1ncccn1. The van der Waals surface area contributed by atoms with Crippen LogP contribution in [0.5, 0.6) is 0 Å². The van der Waals surface area contributed by atoms with Gasteiger partial charge in [0, 0.05) is 26.0 Å². The lowest BCUT2D eigenvalue weighted by molar-refractivity contribution is -0.120. The molecule has 1 atom stereocenters. The Kier molecular flexibility index (Phi) is 5.69. The average molecular weight is 266 g/mol. The lowest BCUT2D eigenvalue weighted by Crippen LogP contribution is -2.44. The van der Waals surface area contributed by atoms with E-state index in [9.17, 15) is 9.90 Å².